The van der Waals surface area contributed by atoms with Crippen LogP contribution in [0.25, 0.3) is 0 Å². The molecule has 0 saturated carbocycles. The molecule has 2 aromatic carbocycles. The summed E-state index contributed by atoms with van der Waals surface area (Å²) < 4.78 is 0. The Hall–Kier alpha value is -1.84. The first-order valence-electron chi connectivity index (χ1n) is 5.63. The molecule has 0 heterocycles. The van der Waals surface area contributed by atoms with Gasteiger partial charge in [0.1, 0.15) is 0 Å². The second-order valence-electron chi connectivity index (χ2n) is 3.86. The highest BCUT2D eigenvalue weighted by Gasteiger charge is 1.99. The Kier molecular flexibility index (Phi) is 4.13. The number of para-hydroxylation sites is 1. The highest BCUT2D eigenvalue weighted by atomic mass is 16.5. The van der Waals surface area contributed by atoms with Crippen LogP contribution in [0.15, 0.2) is 54.6 Å². The molecule has 2 rings (SSSR count). The van der Waals surface area contributed by atoms with Gasteiger partial charge >= 0.3 is 0 Å². The highest BCUT2D eigenvalue weighted by Crippen LogP contribution is 2.13. The summed E-state index contributed by atoms with van der Waals surface area (Å²) in [7, 11) is 0. The third kappa shape index (κ3) is 3.31. The van der Waals surface area contributed by atoms with Gasteiger partial charge in [-0.3, -0.25) is 10.7 Å². The summed E-state index contributed by atoms with van der Waals surface area (Å²) in [5, 5.41) is 12.3. The van der Waals surface area contributed by atoms with Crippen molar-refractivity contribution in [2.24, 2.45) is 0 Å². The summed E-state index contributed by atoms with van der Waals surface area (Å²) >= 11 is 0. The molecule has 0 amide bonds. The standard InChI is InChI=1S/C14H16N2O/c17-16-14-9-5-4-8-13(14)11-15-10-12-6-2-1-3-7-12/h1-9,15-17H,10-11H2. The number of nitrogens with one attached hydrogen (secondary N) is 2. The van der Waals surface area contributed by atoms with E-state index in [1.807, 2.05) is 42.5 Å². The SMILES string of the molecule is ONc1ccccc1CNCc1ccccc1. The largest absolute Gasteiger partial charge is 0.309 e. The zero-order valence-electron chi connectivity index (χ0n) is 9.56. The van der Waals surface area contributed by atoms with E-state index in [-0.39, 0.29) is 0 Å². The first kappa shape index (κ1) is 11.6. The molecule has 0 saturated heterocycles. The van der Waals surface area contributed by atoms with Crippen LogP contribution in [0.3, 0.4) is 0 Å². The fraction of sp³-hybridized carbons (Fsp3) is 0.143. The van der Waals surface area contributed by atoms with E-state index in [4.69, 9.17) is 5.21 Å². The minimum absolute atomic E-state index is 0.721. The van der Waals surface area contributed by atoms with Crippen molar-refractivity contribution >= 4 is 5.69 Å². The Morgan fingerprint density at radius 2 is 1.53 bits per heavy atom. The molecule has 3 heteroatoms. The summed E-state index contributed by atoms with van der Waals surface area (Å²) in [5.41, 5.74) is 5.25. The van der Waals surface area contributed by atoms with Crippen molar-refractivity contribution in [3.8, 4) is 0 Å². The minimum Gasteiger partial charge on any atom is -0.309 e. The van der Waals surface area contributed by atoms with Gasteiger partial charge in [-0.05, 0) is 17.2 Å². The van der Waals surface area contributed by atoms with Crippen molar-refractivity contribution in [2.45, 2.75) is 13.1 Å². The zero-order chi connectivity index (χ0) is 11.9. The lowest BCUT2D eigenvalue weighted by molar-refractivity contribution is 0.388. The molecular weight excluding hydrogens is 212 g/mol. The topological polar surface area (TPSA) is 44.3 Å². The van der Waals surface area contributed by atoms with Gasteiger partial charge in [0, 0.05) is 13.1 Å². The van der Waals surface area contributed by atoms with Crippen LogP contribution < -0.4 is 10.8 Å². The molecule has 0 aliphatic rings. The van der Waals surface area contributed by atoms with E-state index < -0.39 is 0 Å². The molecule has 3 nitrogen and oxygen atoms in total. The average Bonchev–Trinajstić information content (AvgIpc) is 2.40. The van der Waals surface area contributed by atoms with Crippen molar-refractivity contribution in [1.29, 1.82) is 0 Å². The van der Waals surface area contributed by atoms with Gasteiger partial charge in [-0.2, -0.15) is 0 Å². The number of rotatable bonds is 5. The third-order valence-corrected chi connectivity index (χ3v) is 2.63. The maximum Gasteiger partial charge on any atom is 0.0647 e. The van der Waals surface area contributed by atoms with E-state index in [0.717, 1.165) is 24.3 Å². The maximum atomic E-state index is 8.96. The molecule has 0 fully saturated rings. The van der Waals surface area contributed by atoms with Crippen molar-refractivity contribution in [3.05, 3.63) is 65.7 Å². The molecule has 0 atom stereocenters. The number of hydrogen-bond acceptors (Lipinski definition) is 3. The lowest BCUT2D eigenvalue weighted by Crippen LogP contribution is -2.13. The Balaban J connectivity index is 1.90. The van der Waals surface area contributed by atoms with Gasteiger partial charge in [0.25, 0.3) is 0 Å². The van der Waals surface area contributed by atoms with Gasteiger partial charge in [-0.15, -0.1) is 0 Å². The summed E-state index contributed by atoms with van der Waals surface area (Å²) in [5.74, 6) is 0. The van der Waals surface area contributed by atoms with Gasteiger partial charge < -0.3 is 5.32 Å². The quantitative estimate of drug-likeness (QED) is 0.689. The van der Waals surface area contributed by atoms with E-state index in [9.17, 15) is 0 Å². The van der Waals surface area contributed by atoms with E-state index in [2.05, 4.69) is 22.9 Å². The molecule has 0 spiro atoms. The fourth-order valence-electron chi connectivity index (χ4n) is 1.72. The Morgan fingerprint density at radius 3 is 2.29 bits per heavy atom. The van der Waals surface area contributed by atoms with Crippen molar-refractivity contribution < 1.29 is 5.21 Å². The summed E-state index contributed by atoms with van der Waals surface area (Å²) in [4.78, 5) is 0. The highest BCUT2D eigenvalue weighted by molar-refractivity contribution is 5.48. The normalized spacial score (nSPS) is 10.2. The number of hydrogen-bond donors (Lipinski definition) is 3. The van der Waals surface area contributed by atoms with Crippen LogP contribution in [-0.4, -0.2) is 5.21 Å². The molecular formula is C14H16N2O. The van der Waals surface area contributed by atoms with Crippen molar-refractivity contribution in [3.63, 3.8) is 0 Å². The molecule has 0 unspecified atom stereocenters. The Labute approximate surface area is 101 Å². The van der Waals surface area contributed by atoms with Crippen LogP contribution in [0.1, 0.15) is 11.1 Å². The van der Waals surface area contributed by atoms with Crippen LogP contribution in [0, 0.1) is 0 Å². The number of anilines is 1. The number of benzene rings is 2. The summed E-state index contributed by atoms with van der Waals surface area (Å²) in [6.45, 7) is 1.54. The maximum absolute atomic E-state index is 8.96. The lowest BCUT2D eigenvalue weighted by atomic mass is 10.1. The van der Waals surface area contributed by atoms with E-state index in [1.165, 1.54) is 5.56 Å². The molecule has 0 aliphatic carbocycles. The van der Waals surface area contributed by atoms with Crippen LogP contribution in [0.4, 0.5) is 5.69 Å². The minimum atomic E-state index is 0.721. The van der Waals surface area contributed by atoms with Crippen LogP contribution in [0.5, 0.6) is 0 Å². The molecule has 0 bridgehead atoms. The molecule has 17 heavy (non-hydrogen) atoms. The van der Waals surface area contributed by atoms with Crippen molar-refractivity contribution in [2.75, 3.05) is 5.48 Å². The van der Waals surface area contributed by atoms with Gasteiger partial charge in [0.05, 0.1) is 5.69 Å². The van der Waals surface area contributed by atoms with E-state index >= 15 is 0 Å². The summed E-state index contributed by atoms with van der Waals surface area (Å²) in [6.07, 6.45) is 0. The monoisotopic (exact) mass is 228 g/mol. The molecule has 2 aromatic rings. The van der Waals surface area contributed by atoms with E-state index in [0.29, 0.717) is 0 Å². The molecule has 0 aliphatic heterocycles. The molecule has 88 valence electrons. The van der Waals surface area contributed by atoms with Gasteiger partial charge in [0.15, 0.2) is 0 Å². The van der Waals surface area contributed by atoms with Gasteiger partial charge in [0.2, 0.25) is 0 Å². The predicted molar refractivity (Wildman–Crippen MR) is 68.8 cm³/mol. The first-order chi connectivity index (χ1) is 8.40. The average molecular weight is 228 g/mol. The van der Waals surface area contributed by atoms with Crippen LogP contribution in [-0.2, 0) is 13.1 Å². The van der Waals surface area contributed by atoms with Crippen LogP contribution in [0.2, 0.25) is 0 Å². The zero-order valence-corrected chi connectivity index (χ0v) is 9.56. The molecule has 3 N–H and O–H groups in total. The Morgan fingerprint density at radius 1 is 0.824 bits per heavy atom. The van der Waals surface area contributed by atoms with Crippen molar-refractivity contribution in [1.82, 2.24) is 5.32 Å². The Bertz CT molecular complexity index is 457. The fourth-order valence-corrected chi connectivity index (χ4v) is 1.72. The predicted octanol–water partition coefficient (Wildman–Crippen LogP) is 2.78. The van der Waals surface area contributed by atoms with Gasteiger partial charge in [-0.25, -0.2) is 0 Å². The van der Waals surface area contributed by atoms with Crippen LogP contribution >= 0.6 is 0 Å². The molecule has 0 radical (unpaired) electrons. The van der Waals surface area contributed by atoms with E-state index in [1.54, 1.807) is 0 Å². The lowest BCUT2D eigenvalue weighted by Gasteiger charge is -2.09. The second-order valence-corrected chi connectivity index (χ2v) is 3.86. The second kappa shape index (κ2) is 6.03. The molecule has 0 aromatic heterocycles. The van der Waals surface area contributed by atoms with Gasteiger partial charge in [-0.1, -0.05) is 48.5 Å². The third-order valence-electron chi connectivity index (χ3n) is 2.63. The first-order valence-corrected chi connectivity index (χ1v) is 5.63. The smallest absolute Gasteiger partial charge is 0.0647 e. The summed E-state index contributed by atoms with van der Waals surface area (Å²) in [6, 6.07) is 17.9.